The number of aromatic hydroxyl groups is 1. The van der Waals surface area contributed by atoms with E-state index in [1.165, 1.54) is 18.1 Å². The summed E-state index contributed by atoms with van der Waals surface area (Å²) in [5.74, 6) is -0.242. The van der Waals surface area contributed by atoms with Crippen molar-refractivity contribution in [2.24, 2.45) is 0 Å². The zero-order chi connectivity index (χ0) is 16.5. The average Bonchev–Trinajstić information content (AvgIpc) is 2.47. The molecule has 0 amide bonds. The highest BCUT2D eigenvalue weighted by Crippen LogP contribution is 2.48. The van der Waals surface area contributed by atoms with Crippen LogP contribution in [0.15, 0.2) is 15.0 Å². The highest BCUT2D eigenvalue weighted by molar-refractivity contribution is 9.13. The van der Waals surface area contributed by atoms with Gasteiger partial charge in [-0.15, -0.1) is 24.8 Å². The molecule has 0 spiro atoms. The fraction of sp³-hybridized carbons (Fsp3) is 0.538. The van der Waals surface area contributed by atoms with Crippen LogP contribution in [0.2, 0.25) is 0 Å². The van der Waals surface area contributed by atoms with Crippen LogP contribution in [0.5, 0.6) is 11.5 Å². The highest BCUT2D eigenvalue weighted by atomic mass is 79.9. The van der Waals surface area contributed by atoms with E-state index in [4.69, 9.17) is 4.74 Å². The predicted octanol–water partition coefficient (Wildman–Crippen LogP) is 4.28. The molecule has 1 fully saturated rings. The summed E-state index contributed by atoms with van der Waals surface area (Å²) in [7, 11) is 1.30. The van der Waals surface area contributed by atoms with Gasteiger partial charge in [0.05, 0.1) is 11.6 Å². The summed E-state index contributed by atoms with van der Waals surface area (Å²) in [6.45, 7) is 1.58. The number of phenols is 1. The first kappa shape index (κ1) is 24.1. The molecule has 11 heteroatoms. The van der Waals surface area contributed by atoms with Crippen LogP contribution in [0.25, 0.3) is 0 Å². The lowest BCUT2D eigenvalue weighted by molar-refractivity contribution is -0.188. The highest BCUT2D eigenvalue weighted by Gasteiger charge is 2.46. The molecule has 1 aliphatic rings. The van der Waals surface area contributed by atoms with Crippen molar-refractivity contribution in [2.75, 3.05) is 33.3 Å². The van der Waals surface area contributed by atoms with Crippen molar-refractivity contribution in [3.05, 3.63) is 20.6 Å². The normalized spacial score (nSPS) is 16.8. The van der Waals surface area contributed by atoms with Crippen molar-refractivity contribution >= 4 is 56.7 Å². The monoisotopic (exact) mass is 518 g/mol. The van der Waals surface area contributed by atoms with Gasteiger partial charge in [0.2, 0.25) is 0 Å². The summed E-state index contributed by atoms with van der Waals surface area (Å²) in [6, 6.07) is -0.542. The van der Waals surface area contributed by atoms with Crippen LogP contribution < -0.4 is 10.1 Å². The molecule has 1 atom stereocenters. The van der Waals surface area contributed by atoms with Gasteiger partial charge in [0.1, 0.15) is 6.04 Å². The maximum Gasteiger partial charge on any atom is 0.408 e. The predicted molar refractivity (Wildman–Crippen MR) is 97.8 cm³/mol. The van der Waals surface area contributed by atoms with Gasteiger partial charge in [0.15, 0.2) is 11.5 Å². The van der Waals surface area contributed by atoms with Gasteiger partial charge in [0, 0.05) is 30.7 Å². The molecule has 2 rings (SSSR count). The van der Waals surface area contributed by atoms with E-state index >= 15 is 0 Å². The minimum atomic E-state index is -4.44. The van der Waals surface area contributed by atoms with Crippen molar-refractivity contribution in [3.8, 4) is 11.5 Å². The van der Waals surface area contributed by atoms with Gasteiger partial charge in [-0.1, -0.05) is 0 Å². The number of ether oxygens (including phenoxy) is 1. The fourth-order valence-corrected chi connectivity index (χ4v) is 3.43. The first-order chi connectivity index (χ1) is 10.3. The van der Waals surface area contributed by atoms with Crippen LogP contribution in [0.4, 0.5) is 13.2 Å². The van der Waals surface area contributed by atoms with E-state index in [9.17, 15) is 18.3 Å². The maximum absolute atomic E-state index is 13.6. The smallest absolute Gasteiger partial charge is 0.408 e. The number of hydrogen-bond acceptors (Lipinski definition) is 4. The quantitative estimate of drug-likeness (QED) is 0.624. The Morgan fingerprint density at radius 2 is 1.75 bits per heavy atom. The summed E-state index contributed by atoms with van der Waals surface area (Å²) in [5, 5.41) is 12.9. The van der Waals surface area contributed by atoms with Gasteiger partial charge >= 0.3 is 6.18 Å². The summed E-state index contributed by atoms with van der Waals surface area (Å²) < 4.78 is 46.2. The molecule has 1 aliphatic heterocycles. The number of methoxy groups -OCH3 is 1. The third kappa shape index (κ3) is 5.04. The molecule has 0 unspecified atom stereocenters. The molecule has 1 heterocycles. The Labute approximate surface area is 167 Å². The Morgan fingerprint density at radius 1 is 1.21 bits per heavy atom. The first-order valence-corrected chi connectivity index (χ1v) is 8.12. The number of nitrogens with zero attached hydrogens (tertiary/aromatic N) is 1. The van der Waals surface area contributed by atoms with Crippen LogP contribution >= 0.6 is 56.7 Å². The number of nitrogens with one attached hydrogen (secondary N) is 1. The minimum absolute atomic E-state index is 0. The molecule has 24 heavy (non-hydrogen) atoms. The van der Waals surface area contributed by atoms with Crippen LogP contribution in [0, 0.1) is 0 Å². The van der Waals surface area contributed by atoms with Crippen molar-refractivity contribution in [1.29, 1.82) is 0 Å². The first-order valence-electron chi connectivity index (χ1n) is 6.53. The summed E-state index contributed by atoms with van der Waals surface area (Å²) in [6.07, 6.45) is -4.44. The van der Waals surface area contributed by atoms with Crippen molar-refractivity contribution < 1.29 is 23.0 Å². The zero-order valence-corrected chi connectivity index (χ0v) is 17.3. The molecule has 0 aliphatic carbocycles. The zero-order valence-electron chi connectivity index (χ0n) is 12.5. The van der Waals surface area contributed by atoms with E-state index in [1.54, 1.807) is 0 Å². The van der Waals surface area contributed by atoms with Gasteiger partial charge < -0.3 is 15.2 Å². The number of rotatable bonds is 3. The molecule has 0 radical (unpaired) electrons. The number of phenolic OH excluding ortho intramolecular Hbond substituents is 1. The fourth-order valence-electron chi connectivity index (χ4n) is 2.49. The second-order valence-electron chi connectivity index (χ2n) is 4.87. The molecular formula is C13H17Br2Cl2F3N2O2. The minimum Gasteiger partial charge on any atom is -0.503 e. The topological polar surface area (TPSA) is 44.7 Å². The lowest BCUT2D eigenvalue weighted by Gasteiger charge is -2.36. The van der Waals surface area contributed by atoms with Crippen molar-refractivity contribution in [2.45, 2.75) is 12.2 Å². The lowest BCUT2D eigenvalue weighted by Crippen LogP contribution is -2.49. The average molecular weight is 521 g/mol. The molecule has 2 N–H and O–H groups in total. The van der Waals surface area contributed by atoms with E-state index < -0.39 is 12.2 Å². The largest absolute Gasteiger partial charge is 0.503 e. The molecule has 4 nitrogen and oxygen atoms in total. The SMILES string of the molecule is COc1cc([C@@H](N2CCNCC2)C(F)(F)F)c(Br)c(Br)c1O.Cl.Cl. The summed E-state index contributed by atoms with van der Waals surface area (Å²) in [5.41, 5.74) is 0.0101. The Morgan fingerprint density at radius 3 is 2.21 bits per heavy atom. The van der Waals surface area contributed by atoms with Crippen LogP contribution in [0.1, 0.15) is 11.6 Å². The van der Waals surface area contributed by atoms with Crippen LogP contribution in [0.3, 0.4) is 0 Å². The summed E-state index contributed by atoms with van der Waals surface area (Å²) >= 11 is 6.25. The third-order valence-corrected chi connectivity index (χ3v) is 5.67. The van der Waals surface area contributed by atoms with E-state index in [1.807, 2.05) is 0 Å². The van der Waals surface area contributed by atoms with Crippen LogP contribution in [-0.2, 0) is 0 Å². The van der Waals surface area contributed by atoms with E-state index in [2.05, 4.69) is 37.2 Å². The third-order valence-electron chi connectivity index (χ3n) is 3.52. The second kappa shape index (κ2) is 9.68. The number of benzene rings is 1. The number of piperazine rings is 1. The molecule has 0 bridgehead atoms. The standard InChI is InChI=1S/C13H15Br2F3N2O2.2ClH/c1-22-8-6-7(9(14)10(15)11(8)21)12(13(16,17)18)20-4-2-19-3-5-20;;/h6,12,19,21H,2-5H2,1H3;2*1H/t12-;;/m1../s1. The number of alkyl halides is 3. The molecule has 0 aromatic heterocycles. The molecule has 1 saturated heterocycles. The van der Waals surface area contributed by atoms with Crippen LogP contribution in [-0.4, -0.2) is 49.5 Å². The lowest BCUT2D eigenvalue weighted by atomic mass is 10.0. The van der Waals surface area contributed by atoms with Gasteiger partial charge in [-0.3, -0.25) is 4.90 Å². The molecule has 1 aromatic rings. The Bertz CT molecular complexity index is 559. The maximum atomic E-state index is 13.6. The Hall–Kier alpha value is 0.0700. The van der Waals surface area contributed by atoms with E-state index in [0.717, 1.165) is 0 Å². The molecule has 1 aromatic carbocycles. The van der Waals surface area contributed by atoms with E-state index in [0.29, 0.717) is 13.1 Å². The van der Waals surface area contributed by atoms with Gasteiger partial charge in [-0.05, 0) is 43.5 Å². The van der Waals surface area contributed by atoms with Crippen molar-refractivity contribution in [1.82, 2.24) is 10.2 Å². The van der Waals surface area contributed by atoms with Gasteiger partial charge in [0.25, 0.3) is 0 Å². The van der Waals surface area contributed by atoms with Gasteiger partial charge in [-0.25, -0.2) is 0 Å². The van der Waals surface area contributed by atoms with Gasteiger partial charge in [-0.2, -0.15) is 13.2 Å². The molecular weight excluding hydrogens is 504 g/mol. The number of halogens is 7. The molecule has 140 valence electrons. The molecule has 0 saturated carbocycles. The van der Waals surface area contributed by atoms with E-state index in [-0.39, 0.29) is 63.9 Å². The van der Waals surface area contributed by atoms with Crippen molar-refractivity contribution in [3.63, 3.8) is 0 Å². The second-order valence-corrected chi connectivity index (χ2v) is 6.46. The summed E-state index contributed by atoms with van der Waals surface area (Å²) in [4.78, 5) is 1.37. The number of hydrogen-bond donors (Lipinski definition) is 2. The Balaban J connectivity index is 0.00000264. The Kier molecular flexibility index (Phi) is 9.71.